The van der Waals surface area contributed by atoms with Gasteiger partial charge >= 0.3 is 10.1 Å². The monoisotopic (exact) mass is 710 g/mol. The molecule has 2 heterocycles. The topological polar surface area (TPSA) is 173 Å². The van der Waals surface area contributed by atoms with Gasteiger partial charge in [-0.25, -0.2) is 9.99 Å². The first-order chi connectivity index (χ1) is 20.4. The number of hydrazone groups is 1. The van der Waals surface area contributed by atoms with E-state index in [1.807, 2.05) is 0 Å². The zero-order valence-corrected chi connectivity index (χ0v) is 25.8. The van der Waals surface area contributed by atoms with E-state index in [0.29, 0.717) is 16.9 Å². The number of halogens is 3. The van der Waals surface area contributed by atoms with Crippen molar-refractivity contribution in [3.63, 3.8) is 0 Å². The zero-order valence-electron chi connectivity index (χ0n) is 21.9. The van der Waals surface area contributed by atoms with E-state index in [-0.39, 0.29) is 50.0 Å². The van der Waals surface area contributed by atoms with Crippen molar-refractivity contribution < 1.29 is 27.1 Å². The van der Waals surface area contributed by atoms with Gasteiger partial charge in [-0.3, -0.25) is 19.7 Å². The third kappa shape index (κ3) is 7.06. The lowest BCUT2D eigenvalue weighted by Crippen LogP contribution is -2.39. The molecule has 5 rings (SSSR count). The quantitative estimate of drug-likeness (QED) is 0.173. The van der Waals surface area contributed by atoms with Crippen molar-refractivity contribution in [2.75, 3.05) is 16.9 Å². The Morgan fingerprint density at radius 2 is 1.88 bits per heavy atom. The van der Waals surface area contributed by atoms with Gasteiger partial charge in [0.05, 0.1) is 27.6 Å². The van der Waals surface area contributed by atoms with E-state index in [1.165, 1.54) is 24.4 Å². The lowest BCUT2D eigenvalue weighted by atomic mass is 10.1. The van der Waals surface area contributed by atoms with Gasteiger partial charge in [-0.15, -0.1) is 5.10 Å². The van der Waals surface area contributed by atoms with E-state index in [4.69, 9.17) is 27.4 Å². The Bertz CT molecular complexity index is 1750. The summed E-state index contributed by atoms with van der Waals surface area (Å²) in [5, 5.41) is 22.2. The first-order valence-corrected chi connectivity index (χ1v) is 15.6. The van der Waals surface area contributed by atoms with Gasteiger partial charge in [0.25, 0.3) is 11.6 Å². The van der Waals surface area contributed by atoms with Crippen LogP contribution < -0.4 is 15.6 Å². The molecule has 0 saturated heterocycles. The molecule has 224 valence electrons. The second-order valence-electron chi connectivity index (χ2n) is 9.61. The lowest BCUT2D eigenvalue weighted by molar-refractivity contribution is -0.384. The molecule has 1 aliphatic heterocycles. The number of rotatable bonds is 9. The number of aromatic nitrogens is 1. The number of nitrogens with one attached hydrogen (secondary N) is 2. The molecule has 1 aromatic heterocycles. The number of hydrogen-bond donors (Lipinski definition) is 2. The summed E-state index contributed by atoms with van der Waals surface area (Å²) in [7, 11) is -4.49. The molecule has 0 radical (unpaired) electrons. The van der Waals surface area contributed by atoms with Crippen molar-refractivity contribution in [2.24, 2.45) is 11.0 Å². The van der Waals surface area contributed by atoms with Crippen molar-refractivity contribution >= 4 is 84.2 Å². The van der Waals surface area contributed by atoms with Gasteiger partial charge in [-0.1, -0.05) is 23.2 Å². The van der Waals surface area contributed by atoms with Gasteiger partial charge in [0.1, 0.15) is 10.9 Å². The highest BCUT2D eigenvalue weighted by Gasteiger charge is 2.39. The molecule has 1 unspecified atom stereocenters. The smallest absolute Gasteiger partial charge is 0.340 e. The highest BCUT2D eigenvalue weighted by molar-refractivity contribution is 9.10. The number of nitro benzene ring substituents is 1. The fourth-order valence-electron chi connectivity index (χ4n) is 4.13. The summed E-state index contributed by atoms with van der Waals surface area (Å²) in [5.74, 6) is -1.02. The molecule has 2 N–H and O–H groups in total. The molecular formula is C26H21BrCl2N6O7S. The first-order valence-electron chi connectivity index (χ1n) is 12.7. The summed E-state index contributed by atoms with van der Waals surface area (Å²) in [6, 6.07) is 8.89. The van der Waals surface area contributed by atoms with Crippen LogP contribution in [0.4, 0.5) is 17.2 Å². The molecule has 17 heteroatoms. The average molecular weight is 712 g/mol. The summed E-state index contributed by atoms with van der Waals surface area (Å²) < 4.78 is 31.5. The van der Waals surface area contributed by atoms with E-state index < -0.39 is 32.9 Å². The molecule has 0 bridgehead atoms. The van der Waals surface area contributed by atoms with Gasteiger partial charge < -0.3 is 14.8 Å². The number of pyridine rings is 1. The minimum Gasteiger partial charge on any atom is -0.361 e. The molecule has 1 fully saturated rings. The van der Waals surface area contributed by atoms with E-state index in [1.54, 1.807) is 6.07 Å². The van der Waals surface area contributed by atoms with Crippen molar-refractivity contribution in [2.45, 2.75) is 30.2 Å². The molecule has 13 nitrogen and oxygen atoms in total. The summed E-state index contributed by atoms with van der Waals surface area (Å²) in [6.45, 7) is 0.489. The predicted octanol–water partition coefficient (Wildman–Crippen LogP) is 5.14. The number of non-ortho nitro benzene ring substituents is 1. The van der Waals surface area contributed by atoms with Crippen LogP contribution >= 0.6 is 39.1 Å². The van der Waals surface area contributed by atoms with Crippen LogP contribution in [0.3, 0.4) is 0 Å². The fraction of sp³-hybridized carbons (Fsp3) is 0.231. The fourth-order valence-corrected chi connectivity index (χ4v) is 6.17. The predicted molar refractivity (Wildman–Crippen MR) is 162 cm³/mol. The Morgan fingerprint density at radius 3 is 2.53 bits per heavy atom. The number of carbonyl (C=O) groups is 2. The summed E-state index contributed by atoms with van der Waals surface area (Å²) in [5.41, 5.74) is -0.0478. The standard InChI is InChI=1S/C26H21BrCl2N6O7S/c27-19-11-15(28)10-18(25(36)31-13-14-3-4-14)23(19)32-26(37)21-12-22(33-34(21)24-20(29)2-1-9-30-24)42-43(40,41)17-7-5-16(6-8-17)35(38)39/h1-2,5-11,14,21H,3-4,12-13H2,(H,31,36)(H,32,37). The molecule has 2 amide bonds. The second kappa shape index (κ2) is 12.4. The van der Waals surface area contributed by atoms with Crippen LogP contribution in [-0.4, -0.2) is 48.6 Å². The lowest BCUT2D eigenvalue weighted by Gasteiger charge is -2.23. The molecule has 2 aliphatic rings. The Morgan fingerprint density at radius 1 is 1.16 bits per heavy atom. The first kappa shape index (κ1) is 30.7. The number of benzene rings is 2. The van der Waals surface area contributed by atoms with Gasteiger partial charge in [0.15, 0.2) is 5.82 Å². The number of anilines is 2. The van der Waals surface area contributed by atoms with E-state index in [9.17, 15) is 28.1 Å². The van der Waals surface area contributed by atoms with Crippen molar-refractivity contribution in [1.29, 1.82) is 0 Å². The van der Waals surface area contributed by atoms with Crippen LogP contribution in [0.2, 0.25) is 10.0 Å². The highest BCUT2D eigenvalue weighted by atomic mass is 79.9. The molecule has 1 atom stereocenters. The highest BCUT2D eigenvalue weighted by Crippen LogP contribution is 2.34. The van der Waals surface area contributed by atoms with Gasteiger partial charge in [0.2, 0.25) is 11.8 Å². The third-order valence-corrected chi connectivity index (χ3v) is 8.88. The average Bonchev–Trinajstić information content (AvgIpc) is 3.71. The van der Waals surface area contributed by atoms with E-state index >= 15 is 0 Å². The van der Waals surface area contributed by atoms with Crippen LogP contribution in [0.1, 0.15) is 29.6 Å². The SMILES string of the molecule is O=C(NCC1CC1)c1cc(Cl)cc(Br)c1NC(=O)C1CC(OS(=O)(=O)c2ccc([N+](=O)[O-])cc2)=NN1c1ncccc1Cl. The van der Waals surface area contributed by atoms with Crippen LogP contribution in [0, 0.1) is 16.0 Å². The molecule has 1 saturated carbocycles. The Labute approximate surface area is 263 Å². The maximum atomic E-state index is 13.7. The summed E-state index contributed by atoms with van der Waals surface area (Å²) in [6.07, 6.45) is 3.14. The Balaban J connectivity index is 1.42. The molecule has 43 heavy (non-hydrogen) atoms. The van der Waals surface area contributed by atoms with Crippen LogP contribution in [0.25, 0.3) is 0 Å². The van der Waals surface area contributed by atoms with Crippen LogP contribution in [0.15, 0.2) is 69.2 Å². The summed E-state index contributed by atoms with van der Waals surface area (Å²) in [4.78, 5) is 40.8. The maximum absolute atomic E-state index is 13.7. The molecule has 1 aliphatic carbocycles. The molecule has 3 aromatic rings. The molecule has 0 spiro atoms. The maximum Gasteiger partial charge on any atom is 0.340 e. The van der Waals surface area contributed by atoms with Crippen molar-refractivity contribution in [3.05, 3.63) is 84.9 Å². The minimum atomic E-state index is -4.49. The second-order valence-corrected chi connectivity index (χ2v) is 12.9. The number of hydrogen-bond acceptors (Lipinski definition) is 10. The minimum absolute atomic E-state index is 0.0493. The van der Waals surface area contributed by atoms with Crippen molar-refractivity contribution in [3.8, 4) is 0 Å². The van der Waals surface area contributed by atoms with E-state index in [2.05, 4.69) is 36.6 Å². The zero-order chi connectivity index (χ0) is 30.9. The summed E-state index contributed by atoms with van der Waals surface area (Å²) >= 11 is 15.9. The Kier molecular flexibility index (Phi) is 8.87. The van der Waals surface area contributed by atoms with Crippen molar-refractivity contribution in [1.82, 2.24) is 10.3 Å². The van der Waals surface area contributed by atoms with Crippen LogP contribution in [0.5, 0.6) is 0 Å². The number of carbonyl (C=O) groups excluding carboxylic acids is 2. The third-order valence-electron chi connectivity index (χ3n) is 6.48. The van der Waals surface area contributed by atoms with Gasteiger partial charge in [-0.05, 0) is 71.1 Å². The number of nitro groups is 1. The largest absolute Gasteiger partial charge is 0.361 e. The number of nitrogens with zero attached hydrogens (tertiary/aromatic N) is 4. The van der Waals surface area contributed by atoms with Crippen LogP contribution in [-0.2, 0) is 19.1 Å². The normalized spacial score (nSPS) is 16.4. The van der Waals surface area contributed by atoms with Gasteiger partial charge in [-0.2, -0.15) is 8.42 Å². The van der Waals surface area contributed by atoms with Gasteiger partial charge in [0, 0.05) is 34.4 Å². The molecule has 2 aromatic carbocycles. The molecular weight excluding hydrogens is 691 g/mol. The van der Waals surface area contributed by atoms with E-state index in [0.717, 1.165) is 42.1 Å². The Hall–Kier alpha value is -3.79. The number of amides is 2.